The predicted octanol–water partition coefficient (Wildman–Crippen LogP) is 1.22. The van der Waals surface area contributed by atoms with E-state index in [4.69, 9.17) is 9.84 Å². The quantitative estimate of drug-likeness (QED) is 0.639. The smallest absolute Gasteiger partial charge is 0.341 e. The van der Waals surface area contributed by atoms with Crippen LogP contribution in [0.4, 0.5) is 0 Å². The maximum absolute atomic E-state index is 10.5. The number of aromatic nitrogens is 3. The van der Waals surface area contributed by atoms with E-state index in [1.54, 1.807) is 31.2 Å². The molecule has 0 aliphatic carbocycles. The number of aliphatic carboxylic acids is 1. The van der Waals surface area contributed by atoms with Crippen LogP contribution in [0.15, 0.2) is 34.5 Å². The Morgan fingerprint density at radius 2 is 2.25 bits per heavy atom. The van der Waals surface area contributed by atoms with Gasteiger partial charge in [0, 0.05) is 5.56 Å². The lowest BCUT2D eigenvalue weighted by molar-refractivity contribution is -0.139. The minimum Gasteiger partial charge on any atom is -0.481 e. The summed E-state index contributed by atoms with van der Waals surface area (Å²) >= 11 is 4.13. The average Bonchev–Trinajstić information content (AvgIpc) is 2.74. The number of thiol groups is 1. The first-order chi connectivity index (χ1) is 9.58. The third-order valence-electron chi connectivity index (χ3n) is 2.36. The number of hydrogen-bond acceptors (Lipinski definition) is 6. The maximum Gasteiger partial charge on any atom is 0.341 e. The molecular weight excluding hydrogens is 280 g/mol. The summed E-state index contributed by atoms with van der Waals surface area (Å²) in [6.07, 6.45) is 1.53. The fourth-order valence-electron chi connectivity index (χ4n) is 1.46. The summed E-state index contributed by atoms with van der Waals surface area (Å²) in [4.78, 5) is 10.5. The van der Waals surface area contributed by atoms with Gasteiger partial charge in [0.15, 0.2) is 12.4 Å². The van der Waals surface area contributed by atoms with E-state index in [1.165, 1.54) is 10.9 Å². The Morgan fingerprint density at radius 3 is 2.90 bits per heavy atom. The molecule has 2 aromatic rings. The van der Waals surface area contributed by atoms with Gasteiger partial charge in [-0.1, -0.05) is 12.1 Å². The zero-order valence-corrected chi connectivity index (χ0v) is 11.5. The topological polar surface area (TPSA) is 89.6 Å². The summed E-state index contributed by atoms with van der Waals surface area (Å²) in [5.41, 5.74) is 0.648. The maximum atomic E-state index is 10.5. The number of carboxylic acid groups (broad SMARTS) is 1. The first kappa shape index (κ1) is 14.1. The number of aryl methyl sites for hydroxylation is 1. The standard InChI is InChI=1S/C12H12N4O3S/c1-8-14-15-12(20)16(8)13-6-9-4-2-3-5-10(9)19-7-11(17)18/h2-6H,7H2,1H3,(H,15,20)(H,17,18). The molecule has 0 saturated heterocycles. The number of para-hydroxylation sites is 1. The van der Waals surface area contributed by atoms with Crippen molar-refractivity contribution in [1.29, 1.82) is 0 Å². The molecule has 1 aromatic heterocycles. The molecule has 0 unspecified atom stereocenters. The molecule has 0 radical (unpaired) electrons. The highest BCUT2D eigenvalue weighted by Crippen LogP contribution is 2.16. The molecule has 7 nitrogen and oxygen atoms in total. The highest BCUT2D eigenvalue weighted by Gasteiger charge is 2.05. The Balaban J connectivity index is 2.23. The fraction of sp³-hybridized carbons (Fsp3) is 0.167. The summed E-state index contributed by atoms with van der Waals surface area (Å²) in [5.74, 6) is -0.00989. The van der Waals surface area contributed by atoms with E-state index >= 15 is 0 Å². The summed E-state index contributed by atoms with van der Waals surface area (Å²) < 4.78 is 6.63. The van der Waals surface area contributed by atoms with Gasteiger partial charge in [-0.25, -0.2) is 4.79 Å². The monoisotopic (exact) mass is 292 g/mol. The van der Waals surface area contributed by atoms with Gasteiger partial charge in [0.05, 0.1) is 6.21 Å². The van der Waals surface area contributed by atoms with Crippen molar-refractivity contribution in [3.8, 4) is 5.75 Å². The van der Waals surface area contributed by atoms with Crippen LogP contribution in [0.1, 0.15) is 11.4 Å². The molecule has 0 atom stereocenters. The minimum atomic E-state index is -1.04. The van der Waals surface area contributed by atoms with E-state index in [1.807, 2.05) is 0 Å². The van der Waals surface area contributed by atoms with Gasteiger partial charge in [-0.3, -0.25) is 0 Å². The van der Waals surface area contributed by atoms with Crippen LogP contribution in [-0.2, 0) is 4.79 Å². The van der Waals surface area contributed by atoms with Gasteiger partial charge in [-0.2, -0.15) is 9.78 Å². The normalized spacial score (nSPS) is 10.9. The van der Waals surface area contributed by atoms with Crippen molar-refractivity contribution < 1.29 is 14.6 Å². The van der Waals surface area contributed by atoms with E-state index in [0.717, 1.165) is 0 Å². The predicted molar refractivity (Wildman–Crippen MR) is 74.6 cm³/mol. The van der Waals surface area contributed by atoms with Crippen LogP contribution in [0.25, 0.3) is 0 Å². The fourth-order valence-corrected chi connectivity index (χ4v) is 1.70. The second kappa shape index (κ2) is 6.20. The van der Waals surface area contributed by atoms with Crippen LogP contribution < -0.4 is 4.74 Å². The van der Waals surface area contributed by atoms with Crippen molar-refractivity contribution in [3.63, 3.8) is 0 Å². The molecule has 104 valence electrons. The molecule has 0 saturated carbocycles. The van der Waals surface area contributed by atoms with E-state index in [0.29, 0.717) is 22.3 Å². The van der Waals surface area contributed by atoms with Crippen LogP contribution >= 0.6 is 12.6 Å². The van der Waals surface area contributed by atoms with Gasteiger partial charge in [-0.05, 0) is 19.1 Å². The molecule has 0 fully saturated rings. The summed E-state index contributed by atoms with van der Waals surface area (Å²) in [7, 11) is 0. The Labute approximate surface area is 120 Å². The molecule has 1 aromatic carbocycles. The second-order valence-electron chi connectivity index (χ2n) is 3.82. The van der Waals surface area contributed by atoms with Crippen LogP contribution in [-0.4, -0.2) is 38.8 Å². The van der Waals surface area contributed by atoms with Gasteiger partial charge < -0.3 is 9.84 Å². The Kier molecular flexibility index (Phi) is 4.36. The van der Waals surface area contributed by atoms with E-state index in [-0.39, 0.29) is 0 Å². The lowest BCUT2D eigenvalue weighted by Crippen LogP contribution is -2.10. The second-order valence-corrected chi connectivity index (χ2v) is 4.22. The van der Waals surface area contributed by atoms with Crippen LogP contribution in [0.3, 0.4) is 0 Å². The van der Waals surface area contributed by atoms with Gasteiger partial charge in [0.2, 0.25) is 5.16 Å². The molecule has 8 heteroatoms. The van der Waals surface area contributed by atoms with Crippen LogP contribution in [0.2, 0.25) is 0 Å². The lowest BCUT2D eigenvalue weighted by Gasteiger charge is -2.06. The molecule has 0 aliphatic heterocycles. The zero-order chi connectivity index (χ0) is 14.5. The van der Waals surface area contributed by atoms with Gasteiger partial charge in [0.25, 0.3) is 0 Å². The first-order valence-corrected chi connectivity index (χ1v) is 6.11. The molecule has 0 bridgehead atoms. The van der Waals surface area contributed by atoms with E-state index in [2.05, 4.69) is 27.9 Å². The largest absolute Gasteiger partial charge is 0.481 e. The Hall–Kier alpha value is -2.35. The van der Waals surface area contributed by atoms with Crippen molar-refractivity contribution in [3.05, 3.63) is 35.7 Å². The van der Waals surface area contributed by atoms with Crippen LogP contribution in [0.5, 0.6) is 5.75 Å². The first-order valence-electron chi connectivity index (χ1n) is 5.67. The summed E-state index contributed by atoms with van der Waals surface area (Å²) in [6, 6.07) is 6.99. The molecule has 20 heavy (non-hydrogen) atoms. The molecule has 2 rings (SSSR count). The number of hydrogen-bond donors (Lipinski definition) is 2. The number of benzene rings is 1. The molecule has 0 spiro atoms. The molecule has 0 amide bonds. The Morgan fingerprint density at radius 1 is 1.50 bits per heavy atom. The molecule has 0 aliphatic rings. The average molecular weight is 292 g/mol. The van der Waals surface area contributed by atoms with Crippen molar-refractivity contribution in [2.24, 2.45) is 5.10 Å². The van der Waals surface area contributed by atoms with Crippen molar-refractivity contribution in [2.45, 2.75) is 12.1 Å². The third-order valence-corrected chi connectivity index (χ3v) is 2.64. The van der Waals surface area contributed by atoms with Crippen molar-refractivity contribution >= 4 is 24.8 Å². The highest BCUT2D eigenvalue weighted by atomic mass is 32.1. The number of ether oxygens (including phenoxy) is 1. The highest BCUT2D eigenvalue weighted by molar-refractivity contribution is 7.80. The zero-order valence-electron chi connectivity index (χ0n) is 10.6. The van der Waals surface area contributed by atoms with Crippen molar-refractivity contribution in [2.75, 3.05) is 6.61 Å². The summed E-state index contributed by atoms with van der Waals surface area (Å²) in [5, 5.41) is 20.8. The van der Waals surface area contributed by atoms with Gasteiger partial charge >= 0.3 is 5.97 Å². The lowest BCUT2D eigenvalue weighted by atomic mass is 10.2. The molecule has 1 N–H and O–H groups in total. The van der Waals surface area contributed by atoms with E-state index < -0.39 is 12.6 Å². The van der Waals surface area contributed by atoms with Crippen LogP contribution in [0, 0.1) is 6.92 Å². The number of nitrogens with zero attached hydrogens (tertiary/aromatic N) is 4. The van der Waals surface area contributed by atoms with Gasteiger partial charge in [-0.15, -0.1) is 22.8 Å². The molecular formula is C12H12N4O3S. The number of carbonyl (C=O) groups is 1. The van der Waals surface area contributed by atoms with Gasteiger partial charge in [0.1, 0.15) is 5.75 Å². The SMILES string of the molecule is Cc1nnc(S)n1N=Cc1ccccc1OCC(=O)O. The third kappa shape index (κ3) is 3.35. The number of rotatable bonds is 5. The number of carboxylic acids is 1. The van der Waals surface area contributed by atoms with E-state index in [9.17, 15) is 4.79 Å². The van der Waals surface area contributed by atoms with Crippen molar-refractivity contribution in [1.82, 2.24) is 14.9 Å². The minimum absolute atomic E-state index is 0.364. The summed E-state index contributed by atoms with van der Waals surface area (Å²) in [6.45, 7) is 1.34. The Bertz CT molecular complexity index is 634. The molecule has 1 heterocycles.